The van der Waals surface area contributed by atoms with Crippen molar-refractivity contribution in [2.75, 3.05) is 43.9 Å². The fraction of sp³-hybridized carbons (Fsp3) is 0.667. The fourth-order valence-corrected chi connectivity index (χ4v) is 2.18. The van der Waals surface area contributed by atoms with Crippen LogP contribution in [-0.2, 0) is 4.79 Å². The standard InChI is InChI=1S/C12H19ClN6O/c1-18(2)12-16-10(13)15-11(17-12)14-6-5-9(20)19-7-3-4-8-19/h3-8H2,1-2H3,(H,14,15,16,17). The Balaban J connectivity index is 1.85. The maximum Gasteiger partial charge on any atom is 0.230 e. The molecule has 1 saturated heterocycles. The van der Waals surface area contributed by atoms with E-state index in [4.69, 9.17) is 11.6 Å². The molecule has 0 radical (unpaired) electrons. The van der Waals surface area contributed by atoms with Crippen molar-refractivity contribution in [3.63, 3.8) is 0 Å². The van der Waals surface area contributed by atoms with Gasteiger partial charge in [0.2, 0.25) is 23.1 Å². The van der Waals surface area contributed by atoms with E-state index in [1.165, 1.54) is 0 Å². The van der Waals surface area contributed by atoms with Crippen LogP contribution in [0.15, 0.2) is 0 Å². The van der Waals surface area contributed by atoms with Crippen molar-refractivity contribution in [2.45, 2.75) is 19.3 Å². The lowest BCUT2D eigenvalue weighted by Crippen LogP contribution is -2.29. The van der Waals surface area contributed by atoms with Crippen LogP contribution >= 0.6 is 11.6 Å². The monoisotopic (exact) mass is 298 g/mol. The smallest absolute Gasteiger partial charge is 0.230 e. The maximum absolute atomic E-state index is 11.9. The molecule has 1 amide bonds. The summed E-state index contributed by atoms with van der Waals surface area (Å²) < 4.78 is 0. The van der Waals surface area contributed by atoms with Crippen LogP contribution in [0.5, 0.6) is 0 Å². The zero-order valence-corrected chi connectivity index (χ0v) is 12.5. The minimum Gasteiger partial charge on any atom is -0.354 e. The lowest BCUT2D eigenvalue weighted by Gasteiger charge is -2.15. The van der Waals surface area contributed by atoms with Gasteiger partial charge in [0.1, 0.15) is 0 Å². The van der Waals surface area contributed by atoms with Gasteiger partial charge in [-0.25, -0.2) is 0 Å². The van der Waals surface area contributed by atoms with Crippen molar-refractivity contribution >= 4 is 29.4 Å². The van der Waals surface area contributed by atoms with Crippen LogP contribution in [0.4, 0.5) is 11.9 Å². The Kier molecular flexibility index (Phi) is 4.94. The quantitative estimate of drug-likeness (QED) is 0.875. The Hall–Kier alpha value is -1.63. The number of nitrogens with zero attached hydrogens (tertiary/aromatic N) is 5. The van der Waals surface area contributed by atoms with Gasteiger partial charge in [0.25, 0.3) is 0 Å². The predicted molar refractivity (Wildman–Crippen MR) is 78.1 cm³/mol. The van der Waals surface area contributed by atoms with Gasteiger partial charge in [0.05, 0.1) is 0 Å². The molecular formula is C12H19ClN6O. The highest BCUT2D eigenvalue weighted by Crippen LogP contribution is 2.12. The van der Waals surface area contributed by atoms with Gasteiger partial charge in [-0.05, 0) is 24.4 Å². The van der Waals surface area contributed by atoms with Gasteiger partial charge in [-0.1, -0.05) is 0 Å². The van der Waals surface area contributed by atoms with E-state index in [9.17, 15) is 4.79 Å². The maximum atomic E-state index is 11.9. The highest BCUT2D eigenvalue weighted by molar-refractivity contribution is 6.28. The van der Waals surface area contributed by atoms with E-state index in [0.717, 1.165) is 25.9 Å². The first kappa shape index (κ1) is 14.8. The molecule has 0 bridgehead atoms. The van der Waals surface area contributed by atoms with Crippen LogP contribution in [0, 0.1) is 0 Å². The molecule has 1 fully saturated rings. The first-order valence-electron chi connectivity index (χ1n) is 6.67. The summed E-state index contributed by atoms with van der Waals surface area (Å²) in [6.45, 7) is 2.24. The summed E-state index contributed by atoms with van der Waals surface area (Å²) in [5.41, 5.74) is 0. The van der Waals surface area contributed by atoms with Crippen molar-refractivity contribution in [1.82, 2.24) is 19.9 Å². The minimum atomic E-state index is 0.136. The SMILES string of the molecule is CN(C)c1nc(Cl)nc(NCCC(=O)N2CCCC2)n1. The molecule has 0 unspecified atom stereocenters. The second-order valence-electron chi connectivity index (χ2n) is 4.89. The van der Waals surface area contributed by atoms with Crippen LogP contribution in [0.2, 0.25) is 5.28 Å². The zero-order valence-electron chi connectivity index (χ0n) is 11.8. The van der Waals surface area contributed by atoms with Crippen molar-refractivity contribution in [3.05, 3.63) is 5.28 Å². The van der Waals surface area contributed by atoms with Gasteiger partial charge in [0.15, 0.2) is 0 Å². The molecule has 0 aliphatic carbocycles. The number of hydrogen-bond acceptors (Lipinski definition) is 6. The largest absolute Gasteiger partial charge is 0.354 e. The van der Waals surface area contributed by atoms with E-state index in [2.05, 4.69) is 20.3 Å². The van der Waals surface area contributed by atoms with E-state index >= 15 is 0 Å². The van der Waals surface area contributed by atoms with E-state index in [1.54, 1.807) is 4.90 Å². The number of hydrogen-bond donors (Lipinski definition) is 1. The van der Waals surface area contributed by atoms with Gasteiger partial charge in [-0.3, -0.25) is 4.79 Å². The summed E-state index contributed by atoms with van der Waals surface area (Å²) in [7, 11) is 3.65. The lowest BCUT2D eigenvalue weighted by atomic mass is 10.3. The number of nitrogens with one attached hydrogen (secondary N) is 1. The molecule has 0 spiro atoms. The van der Waals surface area contributed by atoms with Crippen LogP contribution in [-0.4, -0.2) is 59.5 Å². The number of halogens is 1. The number of likely N-dealkylation sites (tertiary alicyclic amines) is 1. The predicted octanol–water partition coefficient (Wildman–Crippen LogP) is 1.02. The summed E-state index contributed by atoms with van der Waals surface area (Å²) in [5, 5.41) is 3.15. The average Bonchev–Trinajstić information content (AvgIpc) is 2.91. The molecule has 20 heavy (non-hydrogen) atoms. The third kappa shape index (κ3) is 3.93. The lowest BCUT2D eigenvalue weighted by molar-refractivity contribution is -0.129. The van der Waals surface area contributed by atoms with Gasteiger partial charge in [-0.2, -0.15) is 15.0 Å². The summed E-state index contributed by atoms with van der Waals surface area (Å²) in [6.07, 6.45) is 2.64. The van der Waals surface area contributed by atoms with E-state index < -0.39 is 0 Å². The number of carbonyl (C=O) groups excluding carboxylic acids is 1. The third-order valence-electron chi connectivity index (χ3n) is 3.08. The highest BCUT2D eigenvalue weighted by atomic mass is 35.5. The molecule has 1 aromatic heterocycles. The Bertz CT molecular complexity index is 475. The number of rotatable bonds is 5. The molecular weight excluding hydrogens is 280 g/mol. The van der Waals surface area contributed by atoms with Crippen LogP contribution in [0.1, 0.15) is 19.3 Å². The van der Waals surface area contributed by atoms with Crippen molar-refractivity contribution in [2.24, 2.45) is 0 Å². The first-order valence-corrected chi connectivity index (χ1v) is 7.04. The molecule has 110 valence electrons. The molecule has 0 atom stereocenters. The third-order valence-corrected chi connectivity index (χ3v) is 3.25. The van der Waals surface area contributed by atoms with E-state index in [1.807, 2.05) is 19.0 Å². The first-order chi connectivity index (χ1) is 9.56. The Morgan fingerprint density at radius 2 is 2.00 bits per heavy atom. The van der Waals surface area contributed by atoms with Crippen LogP contribution in [0.3, 0.4) is 0 Å². The summed E-state index contributed by atoms with van der Waals surface area (Å²) >= 11 is 5.84. The van der Waals surface area contributed by atoms with E-state index in [-0.39, 0.29) is 11.2 Å². The van der Waals surface area contributed by atoms with Crippen molar-refractivity contribution < 1.29 is 4.79 Å². The molecule has 7 nitrogen and oxygen atoms in total. The Morgan fingerprint density at radius 3 is 2.65 bits per heavy atom. The topological polar surface area (TPSA) is 74.2 Å². The molecule has 1 N–H and O–H groups in total. The normalized spacial score (nSPS) is 14.4. The van der Waals surface area contributed by atoms with Crippen molar-refractivity contribution in [1.29, 1.82) is 0 Å². The van der Waals surface area contributed by atoms with Crippen LogP contribution in [0.25, 0.3) is 0 Å². The van der Waals surface area contributed by atoms with Gasteiger partial charge in [0, 0.05) is 40.2 Å². The molecule has 0 aromatic carbocycles. The molecule has 1 aliphatic heterocycles. The van der Waals surface area contributed by atoms with E-state index in [0.29, 0.717) is 24.9 Å². The second-order valence-corrected chi connectivity index (χ2v) is 5.23. The minimum absolute atomic E-state index is 0.136. The fourth-order valence-electron chi connectivity index (χ4n) is 2.02. The molecule has 1 aromatic rings. The van der Waals surface area contributed by atoms with Crippen molar-refractivity contribution in [3.8, 4) is 0 Å². The summed E-state index contributed by atoms with van der Waals surface area (Å²) in [5.74, 6) is 1.05. The number of carbonyl (C=O) groups is 1. The Labute approximate surface area is 123 Å². The van der Waals surface area contributed by atoms with Gasteiger partial charge < -0.3 is 15.1 Å². The number of anilines is 2. The summed E-state index contributed by atoms with van der Waals surface area (Å²) in [4.78, 5) is 27.7. The molecule has 8 heteroatoms. The molecule has 2 rings (SSSR count). The highest BCUT2D eigenvalue weighted by Gasteiger charge is 2.17. The molecule has 0 saturated carbocycles. The number of amides is 1. The van der Waals surface area contributed by atoms with Crippen LogP contribution < -0.4 is 10.2 Å². The second kappa shape index (κ2) is 6.69. The van der Waals surface area contributed by atoms with Gasteiger partial charge in [-0.15, -0.1) is 0 Å². The Morgan fingerprint density at radius 1 is 1.30 bits per heavy atom. The van der Waals surface area contributed by atoms with Gasteiger partial charge >= 0.3 is 0 Å². The number of aromatic nitrogens is 3. The molecule has 1 aliphatic rings. The average molecular weight is 299 g/mol. The molecule has 2 heterocycles. The zero-order chi connectivity index (χ0) is 14.5. The summed E-state index contributed by atoms with van der Waals surface area (Å²) in [6, 6.07) is 0.